The fourth-order valence-electron chi connectivity index (χ4n) is 3.81. The van der Waals surface area contributed by atoms with Gasteiger partial charge < -0.3 is 19.5 Å². The second-order valence-corrected chi connectivity index (χ2v) is 10.4. The molecule has 4 rings (SSSR count). The van der Waals surface area contributed by atoms with Gasteiger partial charge in [0.15, 0.2) is 11.5 Å². The SMILES string of the molecule is CCOc1cc(/C=C(\C#N)C(=O)Nc2ccc(OCc3ccc(Br)cc3)cc2)cc(Cl)c1OCc1ccc(C)cc1. The molecule has 208 valence electrons. The number of hydrogen-bond acceptors (Lipinski definition) is 5. The lowest BCUT2D eigenvalue weighted by molar-refractivity contribution is -0.112. The largest absolute Gasteiger partial charge is 0.490 e. The van der Waals surface area contributed by atoms with E-state index in [1.165, 1.54) is 6.08 Å². The van der Waals surface area contributed by atoms with E-state index >= 15 is 0 Å². The van der Waals surface area contributed by atoms with Crippen LogP contribution >= 0.6 is 27.5 Å². The van der Waals surface area contributed by atoms with Crippen LogP contribution in [-0.4, -0.2) is 12.5 Å². The molecule has 0 saturated heterocycles. The Morgan fingerprint density at radius 1 is 0.927 bits per heavy atom. The molecule has 0 aliphatic heterocycles. The number of benzene rings is 4. The number of nitrogens with zero attached hydrogens (tertiary/aromatic N) is 1. The van der Waals surface area contributed by atoms with Gasteiger partial charge in [-0.2, -0.15) is 5.26 Å². The normalized spacial score (nSPS) is 11.0. The van der Waals surface area contributed by atoms with E-state index in [4.69, 9.17) is 25.8 Å². The van der Waals surface area contributed by atoms with E-state index in [1.807, 2.05) is 68.4 Å². The van der Waals surface area contributed by atoms with Gasteiger partial charge in [0.2, 0.25) is 0 Å². The highest BCUT2D eigenvalue weighted by Gasteiger charge is 2.15. The number of anilines is 1. The molecular weight excluding hydrogens is 604 g/mol. The Labute approximate surface area is 253 Å². The van der Waals surface area contributed by atoms with Gasteiger partial charge in [0, 0.05) is 10.2 Å². The average molecular weight is 632 g/mol. The number of halogens is 2. The minimum Gasteiger partial charge on any atom is -0.490 e. The summed E-state index contributed by atoms with van der Waals surface area (Å²) in [6.07, 6.45) is 1.46. The highest BCUT2D eigenvalue weighted by atomic mass is 79.9. The molecule has 1 amide bonds. The summed E-state index contributed by atoms with van der Waals surface area (Å²) in [6.45, 7) is 5.00. The summed E-state index contributed by atoms with van der Waals surface area (Å²) in [6, 6.07) is 28.1. The van der Waals surface area contributed by atoms with Crippen LogP contribution in [0.5, 0.6) is 17.2 Å². The molecule has 0 radical (unpaired) electrons. The molecule has 0 saturated carbocycles. The standard InChI is InChI=1S/C33H28BrClN2O4/c1-3-39-31-18-25(17-30(35)32(31)41-21-23-6-4-22(2)5-7-23)16-26(19-36)33(38)37-28-12-14-29(15-13-28)40-20-24-8-10-27(34)11-9-24/h4-18H,3,20-21H2,1-2H3,(H,37,38)/b26-16+. The molecule has 6 nitrogen and oxygen atoms in total. The molecule has 0 aliphatic rings. The first-order valence-electron chi connectivity index (χ1n) is 12.9. The topological polar surface area (TPSA) is 80.6 Å². The van der Waals surface area contributed by atoms with Gasteiger partial charge in [-0.1, -0.05) is 69.5 Å². The summed E-state index contributed by atoms with van der Waals surface area (Å²) in [5.74, 6) is 0.931. The average Bonchev–Trinajstić information content (AvgIpc) is 2.97. The predicted molar refractivity (Wildman–Crippen MR) is 165 cm³/mol. The Morgan fingerprint density at radius 2 is 1.56 bits per heavy atom. The zero-order valence-electron chi connectivity index (χ0n) is 22.6. The number of carbonyl (C=O) groups excluding carboxylic acids is 1. The molecule has 1 N–H and O–H groups in total. The van der Waals surface area contributed by atoms with E-state index in [0.29, 0.717) is 53.3 Å². The van der Waals surface area contributed by atoms with Gasteiger partial charge in [-0.3, -0.25) is 4.79 Å². The first-order chi connectivity index (χ1) is 19.8. The summed E-state index contributed by atoms with van der Waals surface area (Å²) in [5.41, 5.74) is 4.16. The lowest BCUT2D eigenvalue weighted by Gasteiger charge is -2.15. The van der Waals surface area contributed by atoms with Gasteiger partial charge in [-0.15, -0.1) is 0 Å². The summed E-state index contributed by atoms with van der Waals surface area (Å²) in [7, 11) is 0. The smallest absolute Gasteiger partial charge is 0.266 e. The van der Waals surface area contributed by atoms with Crippen molar-refractivity contribution in [3.05, 3.63) is 122 Å². The van der Waals surface area contributed by atoms with Gasteiger partial charge >= 0.3 is 0 Å². The number of aryl methyl sites for hydroxylation is 1. The summed E-state index contributed by atoms with van der Waals surface area (Å²) >= 11 is 9.97. The summed E-state index contributed by atoms with van der Waals surface area (Å²) in [4.78, 5) is 12.9. The highest BCUT2D eigenvalue weighted by molar-refractivity contribution is 9.10. The van der Waals surface area contributed by atoms with E-state index in [9.17, 15) is 10.1 Å². The zero-order chi connectivity index (χ0) is 29.2. The summed E-state index contributed by atoms with van der Waals surface area (Å²) < 4.78 is 18.6. The van der Waals surface area contributed by atoms with E-state index in [-0.39, 0.29) is 5.57 Å². The number of hydrogen-bond donors (Lipinski definition) is 1. The Balaban J connectivity index is 1.43. The number of amides is 1. The van der Waals surface area contributed by atoms with Crippen LogP contribution in [0.2, 0.25) is 5.02 Å². The van der Waals surface area contributed by atoms with E-state index in [0.717, 1.165) is 21.2 Å². The monoisotopic (exact) mass is 630 g/mol. The lowest BCUT2D eigenvalue weighted by Crippen LogP contribution is -2.13. The molecule has 4 aromatic carbocycles. The third-order valence-corrected chi connectivity index (χ3v) is 6.75. The van der Waals surface area contributed by atoms with Crippen LogP contribution in [0.3, 0.4) is 0 Å². The van der Waals surface area contributed by atoms with Crippen LogP contribution in [-0.2, 0) is 18.0 Å². The third-order valence-electron chi connectivity index (χ3n) is 5.94. The van der Waals surface area contributed by atoms with Gasteiger partial charge in [-0.05, 0) is 85.1 Å². The number of ether oxygens (including phenoxy) is 3. The van der Waals surface area contributed by atoms with Gasteiger partial charge in [-0.25, -0.2) is 0 Å². The maximum absolute atomic E-state index is 12.9. The maximum Gasteiger partial charge on any atom is 0.266 e. The van der Waals surface area contributed by atoms with Gasteiger partial charge in [0.1, 0.15) is 30.6 Å². The Hall–Kier alpha value is -4.25. The van der Waals surface area contributed by atoms with Gasteiger partial charge in [0.05, 0.1) is 11.6 Å². The Morgan fingerprint density at radius 3 is 2.20 bits per heavy atom. The van der Waals surface area contributed by atoms with Crippen molar-refractivity contribution >= 4 is 45.2 Å². The number of rotatable bonds is 11. The molecule has 8 heteroatoms. The van der Waals surface area contributed by atoms with E-state index < -0.39 is 5.91 Å². The highest BCUT2D eigenvalue weighted by Crippen LogP contribution is 2.38. The fraction of sp³-hybridized carbons (Fsp3) is 0.152. The van der Waals surface area contributed by atoms with Crippen LogP contribution < -0.4 is 19.5 Å². The van der Waals surface area contributed by atoms with Crippen molar-refractivity contribution in [1.29, 1.82) is 5.26 Å². The van der Waals surface area contributed by atoms with E-state index in [1.54, 1.807) is 36.4 Å². The number of nitriles is 1. The van der Waals surface area contributed by atoms with Crippen LogP contribution in [0, 0.1) is 18.3 Å². The minimum atomic E-state index is -0.551. The second-order valence-electron chi connectivity index (χ2n) is 9.10. The van der Waals surface area contributed by atoms with Crippen LogP contribution in [0.4, 0.5) is 5.69 Å². The zero-order valence-corrected chi connectivity index (χ0v) is 25.0. The molecule has 0 spiro atoms. The van der Waals surface area contributed by atoms with Crippen molar-refractivity contribution in [2.24, 2.45) is 0 Å². The third kappa shape index (κ3) is 8.62. The molecule has 0 heterocycles. The molecular formula is C33H28BrClN2O4. The Kier molecular flexibility index (Phi) is 10.4. The van der Waals surface area contributed by atoms with Crippen LogP contribution in [0.25, 0.3) is 6.08 Å². The lowest BCUT2D eigenvalue weighted by atomic mass is 10.1. The van der Waals surface area contributed by atoms with Crippen molar-refractivity contribution < 1.29 is 19.0 Å². The van der Waals surface area contributed by atoms with Crippen LogP contribution in [0.1, 0.15) is 29.2 Å². The van der Waals surface area contributed by atoms with Crippen molar-refractivity contribution in [2.75, 3.05) is 11.9 Å². The van der Waals surface area contributed by atoms with E-state index in [2.05, 4.69) is 21.2 Å². The van der Waals surface area contributed by atoms with Crippen molar-refractivity contribution in [3.63, 3.8) is 0 Å². The first kappa shape index (κ1) is 29.7. The second kappa shape index (κ2) is 14.4. The predicted octanol–water partition coefficient (Wildman–Crippen LogP) is 8.51. The van der Waals surface area contributed by atoms with Gasteiger partial charge in [0.25, 0.3) is 5.91 Å². The maximum atomic E-state index is 12.9. The molecule has 0 atom stereocenters. The number of carbonyl (C=O) groups is 1. The van der Waals surface area contributed by atoms with Crippen LogP contribution in [0.15, 0.2) is 95.0 Å². The molecule has 0 aliphatic carbocycles. The summed E-state index contributed by atoms with van der Waals surface area (Å²) in [5, 5.41) is 12.8. The molecule has 0 unspecified atom stereocenters. The molecule has 0 aromatic heterocycles. The van der Waals surface area contributed by atoms with Crippen molar-refractivity contribution in [1.82, 2.24) is 0 Å². The molecule has 4 aromatic rings. The number of nitrogens with one attached hydrogen (secondary N) is 1. The van der Waals surface area contributed by atoms with Crippen molar-refractivity contribution in [3.8, 4) is 23.3 Å². The van der Waals surface area contributed by atoms with Crippen molar-refractivity contribution in [2.45, 2.75) is 27.1 Å². The molecule has 0 fully saturated rings. The minimum absolute atomic E-state index is 0.0904. The molecule has 0 bridgehead atoms. The Bertz CT molecular complexity index is 1560. The molecule has 41 heavy (non-hydrogen) atoms. The fourth-order valence-corrected chi connectivity index (χ4v) is 4.35. The first-order valence-corrected chi connectivity index (χ1v) is 14.1. The quantitative estimate of drug-likeness (QED) is 0.133.